The Morgan fingerprint density at radius 3 is 2.12 bits per heavy atom. The summed E-state index contributed by atoms with van der Waals surface area (Å²) >= 11 is 0. The molecule has 1 atom stereocenters. The van der Waals surface area contributed by atoms with E-state index in [2.05, 4.69) is 10.5 Å². The van der Waals surface area contributed by atoms with Crippen molar-refractivity contribution in [3.63, 3.8) is 0 Å². The third kappa shape index (κ3) is 13.2. The number of carbonyl (C=O) groups is 2. The number of nitrogens with zero attached hydrogens (tertiary/aromatic N) is 2. The fourth-order valence-electron chi connectivity index (χ4n) is 3.49. The summed E-state index contributed by atoms with van der Waals surface area (Å²) in [6, 6.07) is 8.75. The van der Waals surface area contributed by atoms with Crippen LogP contribution in [0.15, 0.2) is 30.3 Å². The maximum atomic E-state index is 12.3. The number of benzene rings is 1. The fourth-order valence-corrected chi connectivity index (χ4v) is 3.49. The second-order valence-corrected chi connectivity index (χ2v) is 8.51. The fraction of sp³-hybridized carbons (Fsp3) is 0.600. The van der Waals surface area contributed by atoms with E-state index in [1.165, 1.54) is 7.85 Å². The number of nitrogens with one attached hydrogen (secondary N) is 2. The van der Waals surface area contributed by atoms with Gasteiger partial charge in [-0.15, -0.1) is 0 Å². The lowest BCUT2D eigenvalue weighted by Gasteiger charge is -2.32. The molecule has 0 saturated heterocycles. The molecule has 0 bridgehead atoms. The molecule has 10 nitrogen and oxygen atoms in total. The van der Waals surface area contributed by atoms with E-state index >= 15 is 0 Å². The molecule has 1 aromatic carbocycles. The van der Waals surface area contributed by atoms with E-state index in [0.717, 1.165) is 0 Å². The SMILES string of the molecule is BC(=O)N(CCNB(C)O)CC(CCOC(=O)c1ccccc1)CN(CCNB(C)O)B(C)O. The molecule has 0 spiro atoms. The molecule has 1 amide bonds. The quantitative estimate of drug-likeness (QED) is 0.138. The number of hydrogen-bond donors (Lipinski definition) is 5. The first-order valence-electron chi connectivity index (χ1n) is 11.8. The smallest absolute Gasteiger partial charge is 0.376 e. The van der Waals surface area contributed by atoms with E-state index in [0.29, 0.717) is 51.3 Å². The Kier molecular flexibility index (Phi) is 14.9. The molecular formula is C20H38B4N4O6. The van der Waals surface area contributed by atoms with Gasteiger partial charge >= 0.3 is 27.1 Å². The summed E-state index contributed by atoms with van der Waals surface area (Å²) in [6.07, 6.45) is 0.499. The molecule has 5 N–H and O–H groups in total. The molecule has 0 fully saturated rings. The highest BCUT2D eigenvalue weighted by Gasteiger charge is 2.24. The third-order valence-corrected chi connectivity index (χ3v) is 5.37. The van der Waals surface area contributed by atoms with E-state index in [9.17, 15) is 24.7 Å². The van der Waals surface area contributed by atoms with Crippen molar-refractivity contribution in [1.29, 1.82) is 0 Å². The zero-order valence-corrected chi connectivity index (χ0v) is 20.8. The van der Waals surface area contributed by atoms with Crippen LogP contribution in [0, 0.1) is 5.92 Å². The van der Waals surface area contributed by atoms with Crippen LogP contribution in [-0.2, 0) is 4.74 Å². The lowest BCUT2D eigenvalue weighted by molar-refractivity contribution is 0.0471. The molecule has 0 saturated carbocycles. The van der Waals surface area contributed by atoms with Crippen LogP contribution in [0.5, 0.6) is 0 Å². The summed E-state index contributed by atoms with van der Waals surface area (Å²) in [5.41, 5.74) is 0.475. The number of esters is 1. The van der Waals surface area contributed by atoms with Crippen LogP contribution in [-0.4, -0.2) is 111 Å². The van der Waals surface area contributed by atoms with Gasteiger partial charge in [-0.3, -0.25) is 4.79 Å². The standard InChI is InChI=1S/C20H38B4N4O6/c1-22(31)25-10-12-27(20(21)30)15-17(16-28(24(3)33)13-11-26-23(2)32)9-14-34-19(29)18-7-5-4-6-8-18/h4-8,17,25-26,31-33H,9-16,21H2,1-3H3. The van der Waals surface area contributed by atoms with Gasteiger partial charge in [0, 0.05) is 26.2 Å². The Labute approximate surface area is 205 Å². The van der Waals surface area contributed by atoms with Crippen LogP contribution in [0.3, 0.4) is 0 Å². The first-order valence-corrected chi connectivity index (χ1v) is 11.8. The Morgan fingerprint density at radius 2 is 1.59 bits per heavy atom. The number of carbonyl (C=O) groups excluding carboxylic acids is 2. The summed E-state index contributed by atoms with van der Waals surface area (Å²) in [4.78, 5) is 28.1. The first-order chi connectivity index (χ1) is 16.1. The highest BCUT2D eigenvalue weighted by Crippen LogP contribution is 2.12. The van der Waals surface area contributed by atoms with Gasteiger partial charge in [-0.25, -0.2) is 4.79 Å². The van der Waals surface area contributed by atoms with Crippen LogP contribution < -0.4 is 10.5 Å². The molecule has 0 heterocycles. The van der Waals surface area contributed by atoms with Crippen molar-refractivity contribution in [1.82, 2.24) is 20.2 Å². The lowest BCUT2D eigenvalue weighted by atomic mass is 9.82. The van der Waals surface area contributed by atoms with Gasteiger partial charge in [0.2, 0.25) is 7.85 Å². The van der Waals surface area contributed by atoms with Crippen LogP contribution in [0.25, 0.3) is 0 Å². The van der Waals surface area contributed by atoms with Gasteiger partial charge in [-0.1, -0.05) is 18.2 Å². The zero-order chi connectivity index (χ0) is 25.5. The highest BCUT2D eigenvalue weighted by atomic mass is 16.5. The predicted octanol–water partition coefficient (Wildman–Crippen LogP) is -1.28. The molecular weight excluding hydrogens is 435 g/mol. The summed E-state index contributed by atoms with van der Waals surface area (Å²) in [6.45, 7) is 7.79. The van der Waals surface area contributed by atoms with Gasteiger partial charge in [0.25, 0.3) is 0 Å². The van der Waals surface area contributed by atoms with E-state index in [-0.39, 0.29) is 18.3 Å². The van der Waals surface area contributed by atoms with Gasteiger partial charge < -0.3 is 40.0 Å². The first kappa shape index (κ1) is 30.2. The Balaban J connectivity index is 2.81. The maximum Gasteiger partial charge on any atom is 0.376 e. The second kappa shape index (κ2) is 16.7. The van der Waals surface area contributed by atoms with Crippen molar-refractivity contribution < 1.29 is 29.4 Å². The highest BCUT2D eigenvalue weighted by molar-refractivity contribution is 6.56. The van der Waals surface area contributed by atoms with Crippen molar-refractivity contribution in [3.05, 3.63) is 35.9 Å². The summed E-state index contributed by atoms with van der Waals surface area (Å²) in [7, 11) is -0.561. The normalized spacial score (nSPS) is 11.7. The summed E-state index contributed by atoms with van der Waals surface area (Å²) < 4.78 is 5.45. The van der Waals surface area contributed by atoms with Gasteiger partial charge in [0.1, 0.15) is 0 Å². The van der Waals surface area contributed by atoms with Crippen molar-refractivity contribution in [3.8, 4) is 0 Å². The molecule has 1 aromatic rings. The topological polar surface area (TPSA) is 135 Å². The van der Waals surface area contributed by atoms with Gasteiger partial charge in [-0.05, 0) is 58.0 Å². The van der Waals surface area contributed by atoms with Crippen molar-refractivity contribution in [2.45, 2.75) is 26.9 Å². The Bertz CT molecular complexity index is 718. The molecule has 0 aliphatic rings. The van der Waals surface area contributed by atoms with Crippen LogP contribution in [0.4, 0.5) is 4.79 Å². The molecule has 0 aliphatic carbocycles. The van der Waals surface area contributed by atoms with Crippen LogP contribution in [0.2, 0.25) is 20.5 Å². The van der Waals surface area contributed by atoms with E-state index in [4.69, 9.17) is 4.74 Å². The number of ether oxygens (including phenoxy) is 1. The molecule has 1 rings (SSSR count). The number of rotatable bonds is 17. The lowest BCUT2D eigenvalue weighted by Crippen LogP contribution is -2.49. The summed E-state index contributed by atoms with van der Waals surface area (Å²) in [5.74, 6) is -0.587. The molecule has 1 unspecified atom stereocenters. The second-order valence-electron chi connectivity index (χ2n) is 8.51. The van der Waals surface area contributed by atoms with Gasteiger partial charge in [0.05, 0.1) is 12.2 Å². The summed E-state index contributed by atoms with van der Waals surface area (Å²) in [5, 5.41) is 34.9. The maximum absolute atomic E-state index is 12.3. The largest absolute Gasteiger partial charge is 0.462 e. The van der Waals surface area contributed by atoms with Crippen molar-refractivity contribution in [2.75, 3.05) is 45.9 Å². The van der Waals surface area contributed by atoms with Crippen molar-refractivity contribution >= 4 is 40.8 Å². The van der Waals surface area contributed by atoms with Crippen LogP contribution >= 0.6 is 0 Å². The Hall–Kier alpha value is -1.82. The number of hydrogen-bond acceptors (Lipinski definition) is 9. The number of amides is 1. The minimum atomic E-state index is -0.729. The molecule has 0 radical (unpaired) electrons. The van der Waals surface area contributed by atoms with Gasteiger partial charge in [0.15, 0.2) is 5.81 Å². The molecule has 0 aromatic heterocycles. The third-order valence-electron chi connectivity index (χ3n) is 5.37. The van der Waals surface area contributed by atoms with Crippen LogP contribution in [0.1, 0.15) is 16.8 Å². The zero-order valence-electron chi connectivity index (χ0n) is 20.8. The molecule has 14 heteroatoms. The predicted molar refractivity (Wildman–Crippen MR) is 139 cm³/mol. The average molecular weight is 474 g/mol. The average Bonchev–Trinajstić information content (AvgIpc) is 2.77. The van der Waals surface area contributed by atoms with Crippen molar-refractivity contribution in [2.24, 2.45) is 5.92 Å². The monoisotopic (exact) mass is 474 g/mol. The molecule has 186 valence electrons. The molecule has 0 aliphatic heterocycles. The Morgan fingerprint density at radius 1 is 1.00 bits per heavy atom. The van der Waals surface area contributed by atoms with Gasteiger partial charge in [-0.2, -0.15) is 0 Å². The van der Waals surface area contributed by atoms with E-state index in [1.807, 2.05) is 10.9 Å². The minimum Gasteiger partial charge on any atom is -0.462 e. The van der Waals surface area contributed by atoms with E-state index < -0.39 is 27.1 Å². The van der Waals surface area contributed by atoms with E-state index in [1.54, 1.807) is 49.6 Å². The molecule has 34 heavy (non-hydrogen) atoms. The minimum absolute atomic E-state index is 0.0832.